The average molecular weight is 255 g/mol. The van der Waals surface area contributed by atoms with Gasteiger partial charge in [0.1, 0.15) is 0 Å². The molecule has 17 heavy (non-hydrogen) atoms. The molecule has 2 nitrogen and oxygen atoms in total. The van der Waals surface area contributed by atoms with Gasteiger partial charge in [-0.3, -0.25) is 0 Å². The highest BCUT2D eigenvalue weighted by Gasteiger charge is 2.12. The second-order valence-corrected chi connectivity index (χ2v) is 5.02. The van der Waals surface area contributed by atoms with Crippen LogP contribution in [0.3, 0.4) is 0 Å². The van der Waals surface area contributed by atoms with Crippen LogP contribution >= 0.6 is 11.3 Å². The number of aryl methyl sites for hydroxylation is 1. The molecule has 0 bridgehead atoms. The van der Waals surface area contributed by atoms with Gasteiger partial charge in [-0.25, -0.2) is 13.8 Å². The predicted octanol–water partition coefficient (Wildman–Crippen LogP) is 3.01. The number of aromatic nitrogens is 1. The van der Waals surface area contributed by atoms with Gasteiger partial charge in [-0.15, -0.1) is 11.3 Å². The summed E-state index contributed by atoms with van der Waals surface area (Å²) in [5.41, 5.74) is 0.558. The Morgan fingerprint density at radius 2 is 2.12 bits per heavy atom. The summed E-state index contributed by atoms with van der Waals surface area (Å²) in [6, 6.07) is 3.64. The second-order valence-electron chi connectivity index (χ2n) is 3.75. The van der Waals surface area contributed by atoms with Gasteiger partial charge in [-0.2, -0.15) is 0 Å². The molecule has 1 unspecified atom stereocenters. The SMILES string of the molecule is Cc1ncc(C(O)Cc2ccc(F)c(F)c2)s1. The molecule has 1 aromatic carbocycles. The topological polar surface area (TPSA) is 33.1 Å². The van der Waals surface area contributed by atoms with Gasteiger partial charge in [0.25, 0.3) is 0 Å². The molecule has 0 radical (unpaired) electrons. The molecule has 0 aliphatic heterocycles. The smallest absolute Gasteiger partial charge is 0.159 e. The van der Waals surface area contributed by atoms with E-state index in [4.69, 9.17) is 0 Å². The van der Waals surface area contributed by atoms with Crippen molar-refractivity contribution in [1.29, 1.82) is 0 Å². The van der Waals surface area contributed by atoms with Crippen LogP contribution in [0.2, 0.25) is 0 Å². The fraction of sp³-hybridized carbons (Fsp3) is 0.250. The number of aliphatic hydroxyl groups excluding tert-OH is 1. The highest BCUT2D eigenvalue weighted by atomic mass is 32.1. The first kappa shape index (κ1) is 12.1. The zero-order chi connectivity index (χ0) is 12.4. The zero-order valence-corrected chi connectivity index (χ0v) is 9.97. The molecule has 0 fully saturated rings. The Kier molecular flexibility index (Phi) is 3.49. The number of hydrogen-bond acceptors (Lipinski definition) is 3. The highest BCUT2D eigenvalue weighted by molar-refractivity contribution is 7.11. The van der Waals surface area contributed by atoms with Crippen LogP contribution in [0.15, 0.2) is 24.4 Å². The van der Waals surface area contributed by atoms with Crippen LogP contribution in [0.25, 0.3) is 0 Å². The minimum Gasteiger partial charge on any atom is -0.387 e. The maximum atomic E-state index is 13.0. The van der Waals surface area contributed by atoms with Crippen LogP contribution in [0, 0.1) is 18.6 Å². The fourth-order valence-electron chi connectivity index (χ4n) is 1.52. The summed E-state index contributed by atoms with van der Waals surface area (Å²) < 4.78 is 25.7. The van der Waals surface area contributed by atoms with E-state index in [0.717, 1.165) is 22.0 Å². The first-order valence-corrected chi connectivity index (χ1v) is 5.92. The first-order valence-electron chi connectivity index (χ1n) is 5.10. The Bertz CT molecular complexity index is 527. The van der Waals surface area contributed by atoms with E-state index in [1.165, 1.54) is 17.4 Å². The lowest BCUT2D eigenvalue weighted by Gasteiger charge is -2.08. The van der Waals surface area contributed by atoms with Crippen molar-refractivity contribution in [2.45, 2.75) is 19.4 Å². The molecule has 1 atom stereocenters. The van der Waals surface area contributed by atoms with Gasteiger partial charge in [-0.05, 0) is 24.6 Å². The van der Waals surface area contributed by atoms with Crippen molar-refractivity contribution < 1.29 is 13.9 Å². The van der Waals surface area contributed by atoms with Gasteiger partial charge < -0.3 is 5.11 Å². The largest absolute Gasteiger partial charge is 0.387 e. The van der Waals surface area contributed by atoms with Crippen LogP contribution in [0.4, 0.5) is 8.78 Å². The molecule has 0 aliphatic carbocycles. The van der Waals surface area contributed by atoms with Gasteiger partial charge >= 0.3 is 0 Å². The van der Waals surface area contributed by atoms with Gasteiger partial charge in [-0.1, -0.05) is 6.07 Å². The van der Waals surface area contributed by atoms with Crippen molar-refractivity contribution >= 4 is 11.3 Å². The Morgan fingerprint density at radius 3 is 2.71 bits per heavy atom. The lowest BCUT2D eigenvalue weighted by Crippen LogP contribution is -2.00. The summed E-state index contributed by atoms with van der Waals surface area (Å²) in [5.74, 6) is -1.77. The van der Waals surface area contributed by atoms with Crippen LogP contribution in [-0.2, 0) is 6.42 Å². The minimum absolute atomic E-state index is 0.249. The Labute approximate surface area is 102 Å². The van der Waals surface area contributed by atoms with E-state index in [0.29, 0.717) is 5.56 Å². The summed E-state index contributed by atoms with van der Waals surface area (Å²) in [4.78, 5) is 4.76. The van der Waals surface area contributed by atoms with Gasteiger partial charge in [0.15, 0.2) is 11.6 Å². The van der Waals surface area contributed by atoms with E-state index in [1.54, 1.807) is 6.20 Å². The molecular weight excluding hydrogens is 244 g/mol. The third-order valence-corrected chi connectivity index (χ3v) is 3.39. The monoisotopic (exact) mass is 255 g/mol. The average Bonchev–Trinajstić information content (AvgIpc) is 2.70. The van der Waals surface area contributed by atoms with Gasteiger partial charge in [0.2, 0.25) is 0 Å². The Balaban J connectivity index is 2.12. The summed E-state index contributed by atoms with van der Waals surface area (Å²) in [5, 5.41) is 10.8. The summed E-state index contributed by atoms with van der Waals surface area (Å²) in [6.07, 6.45) is 1.12. The summed E-state index contributed by atoms with van der Waals surface area (Å²) >= 11 is 1.39. The summed E-state index contributed by atoms with van der Waals surface area (Å²) in [7, 11) is 0. The number of thiazole rings is 1. The number of benzene rings is 1. The fourth-order valence-corrected chi connectivity index (χ4v) is 2.29. The third-order valence-electron chi connectivity index (χ3n) is 2.38. The zero-order valence-electron chi connectivity index (χ0n) is 9.15. The molecule has 0 aliphatic rings. The van der Waals surface area contributed by atoms with E-state index in [2.05, 4.69) is 4.98 Å². The Hall–Kier alpha value is -1.33. The third kappa shape index (κ3) is 2.87. The van der Waals surface area contributed by atoms with Crippen molar-refractivity contribution in [3.63, 3.8) is 0 Å². The van der Waals surface area contributed by atoms with E-state index < -0.39 is 17.7 Å². The van der Waals surface area contributed by atoms with Crippen molar-refractivity contribution in [3.05, 3.63) is 51.5 Å². The van der Waals surface area contributed by atoms with Crippen LogP contribution < -0.4 is 0 Å². The maximum absolute atomic E-state index is 13.0. The molecule has 1 heterocycles. The number of nitrogens with zero attached hydrogens (tertiary/aromatic N) is 1. The normalized spacial score (nSPS) is 12.7. The highest BCUT2D eigenvalue weighted by Crippen LogP contribution is 2.24. The van der Waals surface area contributed by atoms with Crippen molar-refractivity contribution in [2.75, 3.05) is 0 Å². The Morgan fingerprint density at radius 1 is 1.35 bits per heavy atom. The molecule has 0 spiro atoms. The van der Waals surface area contributed by atoms with E-state index >= 15 is 0 Å². The van der Waals surface area contributed by atoms with Crippen molar-refractivity contribution in [1.82, 2.24) is 4.98 Å². The minimum atomic E-state index is -0.893. The lowest BCUT2D eigenvalue weighted by molar-refractivity contribution is 0.182. The summed E-state index contributed by atoms with van der Waals surface area (Å²) in [6.45, 7) is 1.85. The molecule has 5 heteroatoms. The number of halogens is 2. The maximum Gasteiger partial charge on any atom is 0.159 e. The second kappa shape index (κ2) is 4.89. The molecule has 90 valence electrons. The molecule has 0 amide bonds. The van der Waals surface area contributed by atoms with Gasteiger partial charge in [0, 0.05) is 12.6 Å². The van der Waals surface area contributed by atoms with E-state index in [9.17, 15) is 13.9 Å². The number of aliphatic hydroxyl groups is 1. The quantitative estimate of drug-likeness (QED) is 0.914. The van der Waals surface area contributed by atoms with Crippen LogP contribution in [0.5, 0.6) is 0 Å². The van der Waals surface area contributed by atoms with Crippen molar-refractivity contribution in [3.8, 4) is 0 Å². The molecule has 1 aromatic heterocycles. The first-order chi connectivity index (χ1) is 8.06. The van der Waals surface area contributed by atoms with Crippen LogP contribution in [-0.4, -0.2) is 10.1 Å². The molecule has 0 saturated carbocycles. The molecule has 0 saturated heterocycles. The molecule has 2 aromatic rings. The van der Waals surface area contributed by atoms with Crippen LogP contribution in [0.1, 0.15) is 21.6 Å². The standard InChI is InChI=1S/C12H11F2NOS/c1-7-15-6-12(17-7)11(16)5-8-2-3-9(13)10(14)4-8/h2-4,6,11,16H,5H2,1H3. The molecule has 2 rings (SSSR count). The van der Waals surface area contributed by atoms with Crippen molar-refractivity contribution in [2.24, 2.45) is 0 Å². The number of rotatable bonds is 3. The van der Waals surface area contributed by atoms with E-state index in [1.807, 2.05) is 6.92 Å². The van der Waals surface area contributed by atoms with E-state index in [-0.39, 0.29) is 6.42 Å². The molecule has 1 N–H and O–H groups in total. The predicted molar refractivity (Wildman–Crippen MR) is 61.9 cm³/mol. The van der Waals surface area contributed by atoms with Gasteiger partial charge in [0.05, 0.1) is 16.0 Å². The molecular formula is C12H11F2NOS. The number of hydrogen-bond donors (Lipinski definition) is 1. The lowest BCUT2D eigenvalue weighted by atomic mass is 10.1.